The Bertz CT molecular complexity index is 1460. The number of hydrogen-bond acceptors (Lipinski definition) is 7. The summed E-state index contributed by atoms with van der Waals surface area (Å²) in [6.07, 6.45) is -3.94. The minimum Gasteiger partial charge on any atom is -0.367 e. The fourth-order valence-electron chi connectivity index (χ4n) is 3.25. The Labute approximate surface area is 228 Å². The van der Waals surface area contributed by atoms with Crippen LogP contribution in [0, 0.1) is 0 Å². The third-order valence-corrected chi connectivity index (χ3v) is 8.87. The van der Waals surface area contributed by atoms with Crippen molar-refractivity contribution in [2.45, 2.75) is 16.4 Å². The Kier molecular flexibility index (Phi) is 8.18. The number of hydrogen-bond donors (Lipinski definition) is 4. The molecule has 1 aliphatic carbocycles. The van der Waals surface area contributed by atoms with Crippen LogP contribution in [0.15, 0.2) is 46.8 Å². The molecule has 4 N–H and O–H groups in total. The number of benzene rings is 1. The predicted octanol–water partition coefficient (Wildman–Crippen LogP) is 3.81. The van der Waals surface area contributed by atoms with E-state index in [0.717, 1.165) is 17.4 Å². The smallest absolute Gasteiger partial charge is 0.367 e. The molecule has 0 aliphatic heterocycles. The monoisotopic (exact) mass is 607 g/mol. The fourth-order valence-corrected chi connectivity index (χ4v) is 6.18. The van der Waals surface area contributed by atoms with Crippen LogP contribution in [0.25, 0.3) is 0 Å². The second-order valence-corrected chi connectivity index (χ2v) is 11.9. The van der Waals surface area contributed by atoms with E-state index in [1.165, 1.54) is 6.07 Å². The number of anilines is 1. The van der Waals surface area contributed by atoms with E-state index in [1.807, 2.05) is 0 Å². The quantitative estimate of drug-likeness (QED) is 0.259. The number of nitrogens with zero attached hydrogens (tertiary/aromatic N) is 1. The van der Waals surface area contributed by atoms with Gasteiger partial charge in [0.05, 0.1) is 23.2 Å². The molecule has 38 heavy (non-hydrogen) atoms. The highest BCUT2D eigenvalue weighted by Gasteiger charge is 2.40. The van der Waals surface area contributed by atoms with Crippen molar-refractivity contribution in [3.05, 3.63) is 74.2 Å². The molecule has 1 atom stereocenters. The van der Waals surface area contributed by atoms with Crippen molar-refractivity contribution < 1.29 is 31.2 Å². The zero-order valence-corrected chi connectivity index (χ0v) is 22.2. The number of nitrogens with one attached hydrogen (secondary N) is 4. The first-order valence-corrected chi connectivity index (χ1v) is 13.8. The first-order valence-electron chi connectivity index (χ1n) is 10.8. The first kappa shape index (κ1) is 28.1. The Morgan fingerprint density at radius 2 is 1.79 bits per heavy atom. The van der Waals surface area contributed by atoms with Crippen molar-refractivity contribution in [1.82, 2.24) is 20.3 Å². The maximum atomic E-state index is 12.7. The minimum absolute atomic E-state index is 0.0102. The number of halogens is 5. The Balaban J connectivity index is 1.19. The van der Waals surface area contributed by atoms with Crippen LogP contribution >= 0.6 is 34.5 Å². The molecule has 3 aromatic rings. The number of carbonyl (C=O) groups excluding carboxylic acids is 2. The summed E-state index contributed by atoms with van der Waals surface area (Å²) in [6, 6.07) is 8.16. The van der Waals surface area contributed by atoms with Gasteiger partial charge in [0.2, 0.25) is 5.91 Å². The fraction of sp³-hybridized carbons (Fsp3) is 0.227. The number of fused-ring (bicyclic) bond motifs is 1. The molecule has 4 rings (SSSR count). The molecule has 2 amide bonds. The van der Waals surface area contributed by atoms with Gasteiger partial charge in [-0.1, -0.05) is 23.2 Å². The summed E-state index contributed by atoms with van der Waals surface area (Å²) in [4.78, 5) is 28.6. The molecule has 1 aromatic carbocycles. The van der Waals surface area contributed by atoms with Crippen molar-refractivity contribution in [3.63, 3.8) is 0 Å². The van der Waals surface area contributed by atoms with Gasteiger partial charge in [-0.15, -0.1) is 11.3 Å². The summed E-state index contributed by atoms with van der Waals surface area (Å²) in [5, 5.41) is 8.21. The molecule has 16 heteroatoms. The van der Waals surface area contributed by atoms with E-state index in [9.17, 15) is 31.2 Å². The Morgan fingerprint density at radius 3 is 2.39 bits per heavy atom. The average Bonchev–Trinajstić information content (AvgIpc) is 3.27. The van der Waals surface area contributed by atoms with E-state index >= 15 is 0 Å². The lowest BCUT2D eigenvalue weighted by Gasteiger charge is -2.11. The van der Waals surface area contributed by atoms with Crippen LogP contribution in [0.5, 0.6) is 0 Å². The molecule has 0 saturated carbocycles. The Hall–Kier alpha value is -2.91. The van der Waals surface area contributed by atoms with Gasteiger partial charge in [0.1, 0.15) is 10.0 Å². The molecule has 9 nitrogen and oxygen atoms in total. The number of rotatable bonds is 10. The molecule has 2 heterocycles. The number of amides is 2. The number of thiophene rings is 1. The van der Waals surface area contributed by atoms with Crippen LogP contribution in [0.2, 0.25) is 10.0 Å². The molecule has 1 unspecified atom stereocenters. The van der Waals surface area contributed by atoms with Gasteiger partial charge in [0.15, 0.2) is 0 Å². The van der Waals surface area contributed by atoms with E-state index < -0.39 is 34.2 Å². The lowest BCUT2D eigenvalue weighted by atomic mass is 10.2. The number of pyridine rings is 1. The molecule has 1 aliphatic rings. The second-order valence-electron chi connectivity index (χ2n) is 7.95. The van der Waals surface area contributed by atoms with Crippen LogP contribution in [0.3, 0.4) is 0 Å². The third kappa shape index (κ3) is 6.74. The van der Waals surface area contributed by atoms with E-state index in [1.54, 1.807) is 24.3 Å². The van der Waals surface area contributed by atoms with Crippen molar-refractivity contribution in [1.29, 1.82) is 0 Å². The third-order valence-electron chi connectivity index (χ3n) is 5.24. The van der Waals surface area contributed by atoms with Gasteiger partial charge >= 0.3 is 6.18 Å². The number of carbonyl (C=O) groups is 2. The zero-order chi connectivity index (χ0) is 27.7. The van der Waals surface area contributed by atoms with Gasteiger partial charge < -0.3 is 16.0 Å². The van der Waals surface area contributed by atoms with Crippen LogP contribution in [0.1, 0.15) is 32.4 Å². The SMILES string of the molecule is O=C(CNS(=O)(=O)c1cc2c(s1)C2NC(=O)c1ccc(Cl)cc1)NCCNc1ncc(C(F)(F)F)cc1Cl. The molecular formula is C22H18Cl2F3N5O4S2. The van der Waals surface area contributed by atoms with Gasteiger partial charge in [-0.3, -0.25) is 9.59 Å². The summed E-state index contributed by atoms with van der Waals surface area (Å²) in [7, 11) is -3.95. The molecule has 0 spiro atoms. The largest absolute Gasteiger partial charge is 0.417 e. The summed E-state index contributed by atoms with van der Waals surface area (Å²) < 4.78 is 65.2. The van der Waals surface area contributed by atoms with Gasteiger partial charge in [-0.2, -0.15) is 13.2 Å². The molecular weight excluding hydrogens is 590 g/mol. The molecule has 0 bridgehead atoms. The average molecular weight is 608 g/mol. The predicted molar refractivity (Wildman–Crippen MR) is 136 cm³/mol. The summed E-state index contributed by atoms with van der Waals surface area (Å²) in [5.74, 6) is -0.930. The van der Waals surface area contributed by atoms with E-state index in [2.05, 4.69) is 25.7 Å². The lowest BCUT2D eigenvalue weighted by Crippen LogP contribution is -2.38. The number of aromatic nitrogens is 1. The second kappa shape index (κ2) is 11.1. The highest BCUT2D eigenvalue weighted by molar-refractivity contribution is 7.91. The first-order chi connectivity index (χ1) is 17.8. The topological polar surface area (TPSA) is 129 Å². The van der Waals surface area contributed by atoms with Crippen molar-refractivity contribution >= 4 is 62.2 Å². The maximum absolute atomic E-state index is 12.7. The van der Waals surface area contributed by atoms with Gasteiger partial charge in [0, 0.05) is 34.7 Å². The summed E-state index contributed by atoms with van der Waals surface area (Å²) in [6.45, 7) is -0.417. The molecule has 202 valence electrons. The van der Waals surface area contributed by atoms with Crippen LogP contribution < -0.4 is 20.7 Å². The molecule has 2 aromatic heterocycles. The summed E-state index contributed by atoms with van der Waals surface area (Å²) >= 11 is 12.6. The van der Waals surface area contributed by atoms with E-state index in [-0.39, 0.29) is 40.1 Å². The molecule has 0 fully saturated rings. The van der Waals surface area contributed by atoms with Crippen molar-refractivity contribution in [2.75, 3.05) is 25.0 Å². The zero-order valence-electron chi connectivity index (χ0n) is 19.0. The van der Waals surface area contributed by atoms with Gasteiger partial charge in [0.25, 0.3) is 15.9 Å². The number of alkyl halides is 3. The standard InChI is InChI=1S/C22H18Cl2F3N5O4S2/c23-13-3-1-11(2-4-13)21(34)32-18-14-8-17(37-19(14)18)38(35,36)31-10-16(33)28-5-6-29-20-15(24)7-12(9-30-20)22(25,26)27/h1-4,7-9,18,31H,5-6,10H2,(H,28,33)(H,29,30)(H,32,34). The lowest BCUT2D eigenvalue weighted by molar-refractivity contribution is -0.137. The minimum atomic E-state index is -4.57. The van der Waals surface area contributed by atoms with Crippen LogP contribution in [-0.4, -0.2) is 44.9 Å². The normalized spacial score (nSPS) is 14.5. The van der Waals surface area contributed by atoms with Crippen molar-refractivity contribution in [3.8, 4) is 0 Å². The number of sulfonamides is 1. The highest BCUT2D eigenvalue weighted by Crippen LogP contribution is 2.49. The molecule has 0 radical (unpaired) electrons. The summed E-state index contributed by atoms with van der Waals surface area (Å²) in [5.41, 5.74) is 0.115. The van der Waals surface area contributed by atoms with Crippen molar-refractivity contribution in [2.24, 2.45) is 0 Å². The van der Waals surface area contributed by atoms with Gasteiger partial charge in [-0.05, 0) is 42.0 Å². The van der Waals surface area contributed by atoms with E-state index in [0.29, 0.717) is 27.2 Å². The van der Waals surface area contributed by atoms with Crippen LogP contribution in [0.4, 0.5) is 19.0 Å². The van der Waals surface area contributed by atoms with Crippen LogP contribution in [-0.2, 0) is 21.0 Å². The Morgan fingerprint density at radius 1 is 1.08 bits per heavy atom. The molecule has 0 saturated heterocycles. The maximum Gasteiger partial charge on any atom is 0.417 e. The highest BCUT2D eigenvalue weighted by atomic mass is 35.5. The van der Waals surface area contributed by atoms with E-state index in [4.69, 9.17) is 23.2 Å². The van der Waals surface area contributed by atoms with Gasteiger partial charge in [-0.25, -0.2) is 18.1 Å².